The van der Waals surface area contributed by atoms with Gasteiger partial charge in [0.1, 0.15) is 6.04 Å². The van der Waals surface area contributed by atoms with Crippen LogP contribution in [0, 0.1) is 0 Å². The van der Waals surface area contributed by atoms with Crippen molar-refractivity contribution in [2.75, 3.05) is 12.4 Å². The molecule has 0 saturated heterocycles. The highest BCUT2D eigenvalue weighted by Gasteiger charge is 2.27. The van der Waals surface area contributed by atoms with Crippen molar-refractivity contribution in [1.29, 1.82) is 0 Å². The SMILES string of the molecule is CNC1C(=O)Nc2ccccc21. The van der Waals surface area contributed by atoms with Crippen LogP contribution in [0.15, 0.2) is 24.3 Å². The number of carbonyl (C=O) groups is 1. The van der Waals surface area contributed by atoms with Gasteiger partial charge in [-0.15, -0.1) is 0 Å². The fourth-order valence-corrected chi connectivity index (χ4v) is 1.50. The molecule has 62 valence electrons. The van der Waals surface area contributed by atoms with Gasteiger partial charge in [0.2, 0.25) is 5.91 Å². The number of hydrogen-bond acceptors (Lipinski definition) is 2. The van der Waals surface area contributed by atoms with Crippen LogP contribution in [-0.2, 0) is 4.79 Å². The van der Waals surface area contributed by atoms with Gasteiger partial charge in [0.15, 0.2) is 0 Å². The summed E-state index contributed by atoms with van der Waals surface area (Å²) in [5.41, 5.74) is 1.95. The van der Waals surface area contributed by atoms with Crippen molar-refractivity contribution in [1.82, 2.24) is 5.32 Å². The lowest BCUT2D eigenvalue weighted by Gasteiger charge is -2.04. The quantitative estimate of drug-likeness (QED) is 0.644. The summed E-state index contributed by atoms with van der Waals surface area (Å²) in [7, 11) is 1.78. The van der Waals surface area contributed by atoms with E-state index in [9.17, 15) is 4.79 Å². The molecule has 1 aromatic carbocycles. The number of likely N-dealkylation sites (N-methyl/N-ethyl adjacent to an activating group) is 1. The molecule has 2 N–H and O–H groups in total. The van der Waals surface area contributed by atoms with E-state index in [1.54, 1.807) is 7.05 Å². The van der Waals surface area contributed by atoms with Gasteiger partial charge < -0.3 is 10.6 Å². The highest BCUT2D eigenvalue weighted by atomic mass is 16.2. The second kappa shape index (κ2) is 2.60. The van der Waals surface area contributed by atoms with Gasteiger partial charge in [0, 0.05) is 11.3 Å². The summed E-state index contributed by atoms with van der Waals surface area (Å²) < 4.78 is 0. The van der Waals surface area contributed by atoms with Crippen LogP contribution >= 0.6 is 0 Å². The van der Waals surface area contributed by atoms with Crippen LogP contribution in [0.3, 0.4) is 0 Å². The number of benzene rings is 1. The van der Waals surface area contributed by atoms with Crippen molar-refractivity contribution in [3.05, 3.63) is 29.8 Å². The first-order chi connectivity index (χ1) is 5.83. The van der Waals surface area contributed by atoms with E-state index in [-0.39, 0.29) is 11.9 Å². The molecule has 1 atom stereocenters. The Morgan fingerprint density at radius 2 is 2.17 bits per heavy atom. The van der Waals surface area contributed by atoms with Crippen LogP contribution in [0.5, 0.6) is 0 Å². The van der Waals surface area contributed by atoms with Crippen LogP contribution in [0.2, 0.25) is 0 Å². The second-order valence-corrected chi connectivity index (χ2v) is 2.80. The van der Waals surface area contributed by atoms with E-state index < -0.39 is 0 Å². The zero-order valence-corrected chi connectivity index (χ0v) is 6.79. The summed E-state index contributed by atoms with van der Waals surface area (Å²) in [5.74, 6) is 0.0266. The van der Waals surface area contributed by atoms with Crippen LogP contribution in [-0.4, -0.2) is 13.0 Å². The number of para-hydroxylation sites is 1. The maximum atomic E-state index is 11.3. The molecular formula is C9H10N2O. The summed E-state index contributed by atoms with van der Waals surface area (Å²) in [6.07, 6.45) is 0. The Morgan fingerprint density at radius 3 is 2.92 bits per heavy atom. The van der Waals surface area contributed by atoms with Crippen LogP contribution in [0.1, 0.15) is 11.6 Å². The molecule has 0 fully saturated rings. The number of nitrogens with one attached hydrogen (secondary N) is 2. The number of amides is 1. The molecule has 0 radical (unpaired) electrons. The van der Waals surface area contributed by atoms with Crippen molar-refractivity contribution in [3.8, 4) is 0 Å². The number of fused-ring (bicyclic) bond motifs is 1. The van der Waals surface area contributed by atoms with Crippen molar-refractivity contribution < 1.29 is 4.79 Å². The third-order valence-electron chi connectivity index (χ3n) is 2.08. The molecular weight excluding hydrogens is 152 g/mol. The van der Waals surface area contributed by atoms with Crippen molar-refractivity contribution in [3.63, 3.8) is 0 Å². The average Bonchev–Trinajstić information content (AvgIpc) is 2.40. The van der Waals surface area contributed by atoms with E-state index in [0.29, 0.717) is 0 Å². The average molecular weight is 162 g/mol. The normalized spacial score (nSPS) is 20.4. The van der Waals surface area contributed by atoms with Gasteiger partial charge in [0.25, 0.3) is 0 Å². The standard InChI is InChI=1S/C9H10N2O/c1-10-8-6-4-2-3-5-7(6)11-9(8)12/h2-5,8,10H,1H3,(H,11,12). The summed E-state index contributed by atoms with van der Waals surface area (Å²) >= 11 is 0. The van der Waals surface area contributed by atoms with E-state index in [1.807, 2.05) is 24.3 Å². The summed E-state index contributed by atoms with van der Waals surface area (Å²) in [4.78, 5) is 11.3. The van der Waals surface area contributed by atoms with E-state index in [2.05, 4.69) is 10.6 Å². The Bertz CT molecular complexity index is 322. The molecule has 2 rings (SSSR count). The molecule has 0 bridgehead atoms. The maximum Gasteiger partial charge on any atom is 0.246 e. The third-order valence-corrected chi connectivity index (χ3v) is 2.08. The molecule has 12 heavy (non-hydrogen) atoms. The maximum absolute atomic E-state index is 11.3. The number of anilines is 1. The Kier molecular flexibility index (Phi) is 1.59. The van der Waals surface area contributed by atoms with E-state index in [1.165, 1.54) is 0 Å². The number of rotatable bonds is 1. The smallest absolute Gasteiger partial charge is 0.246 e. The fraction of sp³-hybridized carbons (Fsp3) is 0.222. The van der Waals surface area contributed by atoms with Gasteiger partial charge in [-0.1, -0.05) is 18.2 Å². The molecule has 1 aliphatic heterocycles. The van der Waals surface area contributed by atoms with Crippen LogP contribution < -0.4 is 10.6 Å². The Balaban J connectivity index is 2.47. The molecule has 0 spiro atoms. The van der Waals surface area contributed by atoms with Gasteiger partial charge >= 0.3 is 0 Å². The van der Waals surface area contributed by atoms with Gasteiger partial charge in [0.05, 0.1) is 0 Å². The second-order valence-electron chi connectivity index (χ2n) is 2.80. The lowest BCUT2D eigenvalue weighted by Crippen LogP contribution is -2.23. The highest BCUT2D eigenvalue weighted by Crippen LogP contribution is 2.29. The first-order valence-electron chi connectivity index (χ1n) is 3.90. The van der Waals surface area contributed by atoms with Gasteiger partial charge in [-0.2, -0.15) is 0 Å². The van der Waals surface area contributed by atoms with Gasteiger partial charge in [-0.3, -0.25) is 4.79 Å². The Hall–Kier alpha value is -1.35. The monoisotopic (exact) mass is 162 g/mol. The molecule has 0 aliphatic carbocycles. The van der Waals surface area contributed by atoms with Gasteiger partial charge in [-0.05, 0) is 13.1 Å². The highest BCUT2D eigenvalue weighted by molar-refractivity contribution is 6.02. The topological polar surface area (TPSA) is 41.1 Å². The lowest BCUT2D eigenvalue weighted by atomic mass is 10.1. The Morgan fingerprint density at radius 1 is 1.42 bits per heavy atom. The van der Waals surface area contributed by atoms with Crippen molar-refractivity contribution >= 4 is 11.6 Å². The predicted molar refractivity (Wildman–Crippen MR) is 46.9 cm³/mol. The molecule has 3 nitrogen and oxygen atoms in total. The summed E-state index contributed by atoms with van der Waals surface area (Å²) in [6.45, 7) is 0. The minimum Gasteiger partial charge on any atom is -0.324 e. The third kappa shape index (κ3) is 0.905. The van der Waals surface area contributed by atoms with E-state index in [4.69, 9.17) is 0 Å². The number of hydrogen-bond donors (Lipinski definition) is 2. The van der Waals surface area contributed by atoms with Gasteiger partial charge in [-0.25, -0.2) is 0 Å². The number of carbonyl (C=O) groups excluding carboxylic acids is 1. The largest absolute Gasteiger partial charge is 0.324 e. The fourth-order valence-electron chi connectivity index (χ4n) is 1.50. The molecule has 1 aromatic rings. The summed E-state index contributed by atoms with van der Waals surface area (Å²) in [5, 5.41) is 5.75. The lowest BCUT2D eigenvalue weighted by molar-refractivity contribution is -0.117. The van der Waals surface area contributed by atoms with E-state index in [0.717, 1.165) is 11.3 Å². The molecule has 0 aromatic heterocycles. The van der Waals surface area contributed by atoms with Crippen LogP contribution in [0.4, 0.5) is 5.69 Å². The molecule has 1 aliphatic rings. The van der Waals surface area contributed by atoms with Crippen LogP contribution in [0.25, 0.3) is 0 Å². The first-order valence-corrected chi connectivity index (χ1v) is 3.90. The van der Waals surface area contributed by atoms with E-state index >= 15 is 0 Å². The first kappa shape index (κ1) is 7.31. The van der Waals surface area contributed by atoms with Crippen molar-refractivity contribution in [2.45, 2.75) is 6.04 Å². The molecule has 1 heterocycles. The zero-order valence-electron chi connectivity index (χ0n) is 6.79. The molecule has 0 saturated carbocycles. The molecule has 3 heteroatoms. The molecule has 1 amide bonds. The summed E-state index contributed by atoms with van der Waals surface area (Å²) in [6, 6.07) is 7.53. The molecule has 1 unspecified atom stereocenters. The Labute approximate surface area is 70.8 Å². The minimum absolute atomic E-state index is 0.0266. The predicted octanol–water partition coefficient (Wildman–Crippen LogP) is 0.899. The zero-order chi connectivity index (χ0) is 8.55. The van der Waals surface area contributed by atoms with Crippen molar-refractivity contribution in [2.24, 2.45) is 0 Å². The minimum atomic E-state index is -0.179.